The summed E-state index contributed by atoms with van der Waals surface area (Å²) in [6, 6.07) is 7.55. The van der Waals surface area contributed by atoms with Gasteiger partial charge >= 0.3 is 0 Å². The van der Waals surface area contributed by atoms with Crippen LogP contribution < -0.4 is 10.5 Å². The number of hydrogen-bond acceptors (Lipinski definition) is 3. The average molecular weight is 332 g/mol. The molecule has 1 heterocycles. The number of nitrogens with two attached hydrogens (primary N) is 1. The monoisotopic (exact) mass is 330 g/mol. The largest absolute Gasteiger partial charge is 0.485 e. The van der Waals surface area contributed by atoms with Crippen LogP contribution in [0.5, 0.6) is 5.75 Å². The fraction of sp³-hybridized carbons (Fsp3) is 0.0833. The van der Waals surface area contributed by atoms with Crippen LogP contribution in [0.15, 0.2) is 34.9 Å². The Morgan fingerprint density at radius 2 is 2.11 bits per heavy atom. The summed E-state index contributed by atoms with van der Waals surface area (Å²) in [6.07, 6.45) is 0. The third-order valence-corrected chi connectivity index (χ3v) is 3.04. The van der Waals surface area contributed by atoms with Crippen LogP contribution in [0.1, 0.15) is 5.56 Å². The van der Waals surface area contributed by atoms with E-state index in [-0.39, 0.29) is 18.2 Å². The van der Waals surface area contributed by atoms with E-state index in [1.165, 1.54) is 12.1 Å². The zero-order chi connectivity index (χ0) is 13.1. The van der Waals surface area contributed by atoms with E-state index in [1.807, 2.05) is 0 Å². The predicted octanol–water partition coefficient (Wildman–Crippen LogP) is 3.80. The molecule has 0 radical (unpaired) electrons. The van der Waals surface area contributed by atoms with Crippen molar-refractivity contribution in [3.8, 4) is 5.75 Å². The Morgan fingerprint density at radius 1 is 1.33 bits per heavy atom. The molecule has 0 aliphatic heterocycles. The molecule has 3 nitrogen and oxygen atoms in total. The Kier molecular flexibility index (Phi) is 4.04. The van der Waals surface area contributed by atoms with Crippen molar-refractivity contribution >= 4 is 33.3 Å². The van der Waals surface area contributed by atoms with Crippen molar-refractivity contribution in [1.29, 1.82) is 0 Å². The summed E-state index contributed by atoms with van der Waals surface area (Å²) in [6.45, 7) is 0.201. The first-order valence-electron chi connectivity index (χ1n) is 5.05. The lowest BCUT2D eigenvalue weighted by Gasteiger charge is -2.09. The number of anilines is 1. The van der Waals surface area contributed by atoms with Gasteiger partial charge in [-0.05, 0) is 40.2 Å². The SMILES string of the molecule is Nc1nc(Br)ccc1OCc1ccc(F)cc1Cl. The third-order valence-electron chi connectivity index (χ3n) is 2.25. The molecule has 18 heavy (non-hydrogen) atoms. The van der Waals surface area contributed by atoms with Crippen molar-refractivity contribution in [2.45, 2.75) is 6.61 Å². The van der Waals surface area contributed by atoms with Crippen molar-refractivity contribution in [1.82, 2.24) is 4.98 Å². The predicted molar refractivity (Wildman–Crippen MR) is 72.1 cm³/mol. The van der Waals surface area contributed by atoms with Crippen molar-refractivity contribution in [2.75, 3.05) is 5.73 Å². The first-order valence-corrected chi connectivity index (χ1v) is 6.22. The third kappa shape index (κ3) is 3.11. The summed E-state index contributed by atoms with van der Waals surface area (Å²) in [5, 5.41) is 0.318. The molecule has 0 aliphatic rings. The van der Waals surface area contributed by atoms with E-state index in [4.69, 9.17) is 22.1 Å². The van der Waals surface area contributed by atoms with Crippen LogP contribution in [0.2, 0.25) is 5.02 Å². The highest BCUT2D eigenvalue weighted by molar-refractivity contribution is 9.10. The molecule has 2 N–H and O–H groups in total. The molecule has 2 rings (SSSR count). The second-order valence-corrected chi connectivity index (χ2v) is 4.76. The highest BCUT2D eigenvalue weighted by Gasteiger charge is 2.06. The number of benzene rings is 1. The molecule has 1 aromatic carbocycles. The second kappa shape index (κ2) is 5.54. The summed E-state index contributed by atoms with van der Waals surface area (Å²) in [4.78, 5) is 4.00. The van der Waals surface area contributed by atoms with Gasteiger partial charge in [0.1, 0.15) is 17.0 Å². The van der Waals surface area contributed by atoms with Gasteiger partial charge in [0.05, 0.1) is 5.02 Å². The van der Waals surface area contributed by atoms with Gasteiger partial charge in [-0.15, -0.1) is 0 Å². The molecular weight excluding hydrogens is 322 g/mol. The summed E-state index contributed by atoms with van der Waals surface area (Å²) >= 11 is 9.09. The summed E-state index contributed by atoms with van der Waals surface area (Å²) < 4.78 is 19.0. The summed E-state index contributed by atoms with van der Waals surface area (Å²) in [5.74, 6) is 0.356. The van der Waals surface area contributed by atoms with Crippen LogP contribution in [0.25, 0.3) is 0 Å². The maximum atomic E-state index is 12.9. The standard InChI is InChI=1S/C12H9BrClFN2O/c13-11-4-3-10(12(16)17-11)18-6-7-1-2-8(15)5-9(7)14/h1-5H,6H2,(H2,16,17). The van der Waals surface area contributed by atoms with Gasteiger partial charge in [-0.3, -0.25) is 0 Å². The molecular formula is C12H9BrClFN2O. The van der Waals surface area contributed by atoms with Crippen LogP contribution in [0.4, 0.5) is 10.2 Å². The molecule has 0 amide bonds. The normalized spacial score (nSPS) is 10.4. The van der Waals surface area contributed by atoms with Gasteiger partial charge < -0.3 is 10.5 Å². The number of rotatable bonds is 3. The number of aromatic nitrogens is 1. The fourth-order valence-corrected chi connectivity index (χ4v) is 1.90. The van der Waals surface area contributed by atoms with E-state index in [0.29, 0.717) is 20.9 Å². The lowest BCUT2D eigenvalue weighted by Crippen LogP contribution is -2.01. The summed E-state index contributed by atoms with van der Waals surface area (Å²) in [7, 11) is 0. The highest BCUT2D eigenvalue weighted by Crippen LogP contribution is 2.24. The van der Waals surface area contributed by atoms with Gasteiger partial charge in [0, 0.05) is 5.56 Å². The molecule has 0 unspecified atom stereocenters. The molecule has 2 aromatic rings. The van der Waals surface area contributed by atoms with Gasteiger partial charge in [-0.25, -0.2) is 9.37 Å². The van der Waals surface area contributed by atoms with E-state index in [0.717, 1.165) is 0 Å². The molecule has 0 fully saturated rings. The van der Waals surface area contributed by atoms with Crippen LogP contribution >= 0.6 is 27.5 Å². The lowest BCUT2D eigenvalue weighted by molar-refractivity contribution is 0.307. The first-order chi connectivity index (χ1) is 8.56. The van der Waals surface area contributed by atoms with Crippen LogP contribution in [-0.2, 0) is 6.61 Å². The van der Waals surface area contributed by atoms with E-state index in [9.17, 15) is 4.39 Å². The van der Waals surface area contributed by atoms with E-state index >= 15 is 0 Å². The highest BCUT2D eigenvalue weighted by atomic mass is 79.9. The molecule has 0 atom stereocenters. The average Bonchev–Trinajstić information content (AvgIpc) is 2.30. The topological polar surface area (TPSA) is 48.1 Å². The second-order valence-electron chi connectivity index (χ2n) is 3.54. The van der Waals surface area contributed by atoms with Crippen LogP contribution in [0, 0.1) is 5.82 Å². The molecule has 0 saturated carbocycles. The van der Waals surface area contributed by atoms with Crippen molar-refractivity contribution in [3.63, 3.8) is 0 Å². The zero-order valence-corrected chi connectivity index (χ0v) is 11.5. The number of nitrogen functional groups attached to an aromatic ring is 1. The molecule has 0 aliphatic carbocycles. The smallest absolute Gasteiger partial charge is 0.167 e. The molecule has 6 heteroatoms. The number of hydrogen-bond donors (Lipinski definition) is 1. The summed E-state index contributed by atoms with van der Waals surface area (Å²) in [5.41, 5.74) is 6.37. The van der Waals surface area contributed by atoms with Gasteiger partial charge in [0.25, 0.3) is 0 Å². The fourth-order valence-electron chi connectivity index (χ4n) is 1.35. The maximum absolute atomic E-state index is 12.9. The van der Waals surface area contributed by atoms with Crippen LogP contribution in [0.3, 0.4) is 0 Å². The van der Waals surface area contributed by atoms with Crippen molar-refractivity contribution < 1.29 is 9.13 Å². The zero-order valence-electron chi connectivity index (χ0n) is 9.16. The number of halogens is 3. The number of pyridine rings is 1. The van der Waals surface area contributed by atoms with Gasteiger partial charge in [-0.2, -0.15) is 0 Å². The Labute approximate surface area is 117 Å². The van der Waals surface area contributed by atoms with Crippen LogP contribution in [-0.4, -0.2) is 4.98 Å². The van der Waals surface area contributed by atoms with Gasteiger partial charge in [0.15, 0.2) is 11.6 Å². The maximum Gasteiger partial charge on any atom is 0.167 e. The minimum Gasteiger partial charge on any atom is -0.485 e. The Balaban J connectivity index is 2.11. The quantitative estimate of drug-likeness (QED) is 0.870. The molecule has 0 spiro atoms. The minimum atomic E-state index is -0.381. The molecule has 0 bridgehead atoms. The van der Waals surface area contributed by atoms with Crippen molar-refractivity contribution in [3.05, 3.63) is 51.3 Å². The van der Waals surface area contributed by atoms with Crippen molar-refractivity contribution in [2.24, 2.45) is 0 Å². The minimum absolute atomic E-state index is 0.201. The number of ether oxygens (including phenoxy) is 1. The van der Waals surface area contributed by atoms with E-state index < -0.39 is 0 Å². The Bertz CT molecular complexity index is 528. The first kappa shape index (κ1) is 13.1. The van der Waals surface area contributed by atoms with Gasteiger partial charge in [0.2, 0.25) is 0 Å². The van der Waals surface area contributed by atoms with Gasteiger partial charge in [-0.1, -0.05) is 17.7 Å². The van der Waals surface area contributed by atoms with E-state index in [2.05, 4.69) is 20.9 Å². The Morgan fingerprint density at radius 3 is 2.78 bits per heavy atom. The Hall–Kier alpha value is -1.33. The molecule has 0 saturated heterocycles. The molecule has 1 aromatic heterocycles. The number of nitrogens with zero attached hydrogens (tertiary/aromatic N) is 1. The van der Waals surface area contributed by atoms with E-state index in [1.54, 1.807) is 18.2 Å². The molecule has 94 valence electrons. The lowest BCUT2D eigenvalue weighted by atomic mass is 10.2.